The minimum absolute atomic E-state index is 0. The molecule has 0 aromatic heterocycles. The van der Waals surface area contributed by atoms with E-state index in [1.54, 1.807) is 0 Å². The second-order valence-electron chi connectivity index (χ2n) is 2.77. The number of unbranched alkanes of at least 4 members (excludes halogenated alkanes) is 2. The molecule has 0 aliphatic heterocycles. The van der Waals surface area contributed by atoms with Crippen molar-refractivity contribution in [1.82, 2.24) is 0 Å². The van der Waals surface area contributed by atoms with E-state index in [1.165, 1.54) is 18.4 Å². The molecule has 1 heteroatoms. The Morgan fingerprint density at radius 2 is 1.83 bits per heavy atom. The van der Waals surface area contributed by atoms with Crippen LogP contribution in [-0.2, 0) is 6.42 Å². The Morgan fingerprint density at radius 3 is 2.42 bits per heavy atom. The largest absolute Gasteiger partial charge is 1.00 e. The Balaban J connectivity index is 0.00000121. The molecule has 0 bridgehead atoms. The van der Waals surface area contributed by atoms with E-state index < -0.39 is 0 Å². The molecular formula is C11H15Li. The van der Waals surface area contributed by atoms with Gasteiger partial charge in [-0.05, 0) is 0 Å². The Morgan fingerprint density at radius 1 is 1.17 bits per heavy atom. The van der Waals surface area contributed by atoms with E-state index in [1.807, 2.05) is 0 Å². The molecule has 0 heterocycles. The van der Waals surface area contributed by atoms with Crippen LogP contribution in [0.5, 0.6) is 0 Å². The summed E-state index contributed by atoms with van der Waals surface area (Å²) in [5.74, 6) is 0. The Bertz CT molecular complexity index is 181. The molecule has 0 amide bonds. The molecule has 0 aliphatic rings. The summed E-state index contributed by atoms with van der Waals surface area (Å²) in [5, 5.41) is 0. The van der Waals surface area contributed by atoms with Crippen LogP contribution in [-0.4, -0.2) is 0 Å². The first kappa shape index (κ1) is 11.8. The van der Waals surface area contributed by atoms with Crippen molar-refractivity contribution in [2.24, 2.45) is 0 Å². The third kappa shape index (κ3) is 4.65. The SMILES string of the molecule is CCC[CH-]Cc1ccccc1.[Li+]. The maximum absolute atomic E-state index is 2.34. The smallest absolute Gasteiger partial charge is 0.324 e. The molecule has 1 aromatic rings. The summed E-state index contributed by atoms with van der Waals surface area (Å²) < 4.78 is 0. The Hall–Kier alpha value is -0.183. The topological polar surface area (TPSA) is 0 Å². The predicted octanol–water partition coefficient (Wildman–Crippen LogP) is 0.237. The molecular weight excluding hydrogens is 139 g/mol. The van der Waals surface area contributed by atoms with E-state index in [0.29, 0.717) is 0 Å². The molecule has 0 fully saturated rings. The van der Waals surface area contributed by atoms with Crippen molar-refractivity contribution in [3.8, 4) is 0 Å². The minimum Gasteiger partial charge on any atom is -0.324 e. The van der Waals surface area contributed by atoms with E-state index in [9.17, 15) is 0 Å². The summed E-state index contributed by atoms with van der Waals surface area (Å²) in [5.41, 5.74) is 1.42. The summed E-state index contributed by atoms with van der Waals surface area (Å²) in [4.78, 5) is 0. The molecule has 0 atom stereocenters. The quantitative estimate of drug-likeness (QED) is 0.331. The first-order chi connectivity index (χ1) is 5.43. The van der Waals surface area contributed by atoms with Gasteiger partial charge in [-0.3, -0.25) is 0 Å². The van der Waals surface area contributed by atoms with Crippen LogP contribution in [0.25, 0.3) is 0 Å². The Kier molecular flexibility index (Phi) is 7.35. The van der Waals surface area contributed by atoms with Gasteiger partial charge in [-0.15, -0.1) is 0 Å². The van der Waals surface area contributed by atoms with Gasteiger partial charge in [0, 0.05) is 0 Å². The standard InChI is InChI=1S/C11H15.Li/c1-2-3-5-8-11-9-6-4-7-10-11;/h4-7,9-10H,2-3,8H2,1H3;/q-1;+1. The predicted molar refractivity (Wildman–Crippen MR) is 49.4 cm³/mol. The van der Waals surface area contributed by atoms with Crippen molar-refractivity contribution in [2.45, 2.75) is 26.2 Å². The Labute approximate surface area is 87.6 Å². The third-order valence-corrected chi connectivity index (χ3v) is 1.72. The maximum Gasteiger partial charge on any atom is 1.00 e. The molecule has 0 aliphatic carbocycles. The van der Waals surface area contributed by atoms with Gasteiger partial charge in [-0.25, -0.2) is 0 Å². The minimum atomic E-state index is 0. The van der Waals surface area contributed by atoms with E-state index in [-0.39, 0.29) is 18.9 Å². The fourth-order valence-electron chi connectivity index (χ4n) is 1.09. The molecule has 0 radical (unpaired) electrons. The van der Waals surface area contributed by atoms with Crippen LogP contribution in [0.3, 0.4) is 0 Å². The van der Waals surface area contributed by atoms with Crippen LogP contribution in [0.2, 0.25) is 0 Å². The molecule has 0 unspecified atom stereocenters. The number of benzene rings is 1. The van der Waals surface area contributed by atoms with E-state index >= 15 is 0 Å². The maximum atomic E-state index is 2.34. The number of hydrogen-bond acceptors (Lipinski definition) is 0. The fourth-order valence-corrected chi connectivity index (χ4v) is 1.09. The van der Waals surface area contributed by atoms with Gasteiger partial charge >= 0.3 is 18.9 Å². The molecule has 1 rings (SSSR count). The van der Waals surface area contributed by atoms with Crippen molar-refractivity contribution in [3.63, 3.8) is 0 Å². The third-order valence-electron chi connectivity index (χ3n) is 1.72. The van der Waals surface area contributed by atoms with Crippen molar-refractivity contribution in [2.75, 3.05) is 0 Å². The average molecular weight is 154 g/mol. The van der Waals surface area contributed by atoms with Crippen molar-refractivity contribution in [3.05, 3.63) is 42.3 Å². The second-order valence-corrected chi connectivity index (χ2v) is 2.77. The van der Waals surface area contributed by atoms with Crippen molar-refractivity contribution >= 4 is 0 Å². The summed E-state index contributed by atoms with van der Waals surface area (Å²) >= 11 is 0. The van der Waals surface area contributed by atoms with Gasteiger partial charge in [-0.1, -0.05) is 49.2 Å². The summed E-state index contributed by atoms with van der Waals surface area (Å²) in [7, 11) is 0. The van der Waals surface area contributed by atoms with Gasteiger partial charge in [0.2, 0.25) is 0 Å². The van der Waals surface area contributed by atoms with Crippen LogP contribution in [0.4, 0.5) is 0 Å². The van der Waals surface area contributed by atoms with Crippen LogP contribution < -0.4 is 18.9 Å². The molecule has 0 nitrogen and oxygen atoms in total. The molecule has 0 spiro atoms. The summed E-state index contributed by atoms with van der Waals surface area (Å²) in [6, 6.07) is 10.6. The molecule has 0 N–H and O–H groups in total. The monoisotopic (exact) mass is 154 g/mol. The van der Waals surface area contributed by atoms with E-state index in [2.05, 4.69) is 43.7 Å². The van der Waals surface area contributed by atoms with Gasteiger partial charge in [0.1, 0.15) is 0 Å². The molecule has 0 saturated heterocycles. The molecule has 12 heavy (non-hydrogen) atoms. The summed E-state index contributed by atoms with van der Waals surface area (Å²) in [6.45, 7) is 2.21. The van der Waals surface area contributed by atoms with E-state index in [0.717, 1.165) is 6.42 Å². The van der Waals surface area contributed by atoms with Crippen LogP contribution in [0.1, 0.15) is 25.3 Å². The molecule has 60 valence electrons. The summed E-state index contributed by atoms with van der Waals surface area (Å²) in [6.07, 6.45) is 5.95. The average Bonchev–Trinajstić information content (AvgIpc) is 2.07. The van der Waals surface area contributed by atoms with Crippen LogP contribution in [0.15, 0.2) is 30.3 Å². The van der Waals surface area contributed by atoms with E-state index in [4.69, 9.17) is 0 Å². The molecule has 1 aromatic carbocycles. The van der Waals surface area contributed by atoms with Gasteiger partial charge in [-0.2, -0.15) is 12.8 Å². The molecule has 0 saturated carbocycles. The van der Waals surface area contributed by atoms with Crippen LogP contribution in [0, 0.1) is 6.42 Å². The first-order valence-electron chi connectivity index (χ1n) is 4.29. The van der Waals surface area contributed by atoms with Crippen LogP contribution >= 0.6 is 0 Å². The number of hydrogen-bond donors (Lipinski definition) is 0. The first-order valence-corrected chi connectivity index (χ1v) is 4.29. The zero-order valence-electron chi connectivity index (χ0n) is 8.09. The van der Waals surface area contributed by atoms with Gasteiger partial charge < -0.3 is 6.42 Å². The van der Waals surface area contributed by atoms with Gasteiger partial charge in [0.05, 0.1) is 0 Å². The van der Waals surface area contributed by atoms with Crippen molar-refractivity contribution < 1.29 is 18.9 Å². The zero-order valence-corrected chi connectivity index (χ0v) is 8.09. The van der Waals surface area contributed by atoms with Gasteiger partial charge in [0.15, 0.2) is 0 Å². The normalized spacial score (nSPS) is 9.08. The zero-order chi connectivity index (χ0) is 7.94. The number of rotatable bonds is 4. The van der Waals surface area contributed by atoms with Crippen molar-refractivity contribution in [1.29, 1.82) is 0 Å². The second kappa shape index (κ2) is 7.47. The van der Waals surface area contributed by atoms with Gasteiger partial charge in [0.25, 0.3) is 0 Å². The fraction of sp³-hybridized carbons (Fsp3) is 0.364.